The van der Waals surface area contributed by atoms with E-state index in [2.05, 4.69) is 34.1 Å². The fourth-order valence-electron chi connectivity index (χ4n) is 4.57. The second kappa shape index (κ2) is 6.75. The molecule has 0 bridgehead atoms. The quantitative estimate of drug-likeness (QED) is 0.852. The number of carbonyl (C=O) groups is 1. The molecular formula is C20H28N2O2. The molecule has 3 aliphatic heterocycles. The van der Waals surface area contributed by atoms with Crippen LogP contribution >= 0.6 is 0 Å². The molecule has 1 aromatic rings. The summed E-state index contributed by atoms with van der Waals surface area (Å²) in [5.74, 6) is 0.339. The van der Waals surface area contributed by atoms with Gasteiger partial charge in [0.25, 0.3) is 0 Å². The highest BCUT2D eigenvalue weighted by Crippen LogP contribution is 2.38. The Labute approximate surface area is 144 Å². The van der Waals surface area contributed by atoms with E-state index in [9.17, 15) is 4.79 Å². The second-order valence-electron chi connectivity index (χ2n) is 7.69. The van der Waals surface area contributed by atoms with Crippen LogP contribution in [0.2, 0.25) is 0 Å². The van der Waals surface area contributed by atoms with Gasteiger partial charge in [-0.1, -0.05) is 18.2 Å². The number of anilines is 1. The first-order chi connectivity index (χ1) is 11.8. The fraction of sp³-hybridized carbons (Fsp3) is 0.650. The predicted molar refractivity (Wildman–Crippen MR) is 95.3 cm³/mol. The number of fused-ring (bicyclic) bond motifs is 1. The highest BCUT2D eigenvalue weighted by atomic mass is 16.5. The SMILES string of the molecule is O=C1CC[C@@]2(CCOC2)CN1CCCN1CCCc2ccccc21. The molecule has 4 rings (SSSR count). The van der Waals surface area contributed by atoms with Gasteiger partial charge >= 0.3 is 0 Å². The summed E-state index contributed by atoms with van der Waals surface area (Å²) in [4.78, 5) is 16.9. The molecule has 0 unspecified atom stereocenters. The zero-order valence-corrected chi connectivity index (χ0v) is 14.5. The van der Waals surface area contributed by atoms with Crippen molar-refractivity contribution in [2.24, 2.45) is 5.41 Å². The molecule has 0 radical (unpaired) electrons. The van der Waals surface area contributed by atoms with Gasteiger partial charge in [0.1, 0.15) is 0 Å². The van der Waals surface area contributed by atoms with Gasteiger partial charge in [-0.05, 0) is 43.7 Å². The molecule has 0 N–H and O–H groups in total. The van der Waals surface area contributed by atoms with E-state index < -0.39 is 0 Å². The zero-order valence-electron chi connectivity index (χ0n) is 14.5. The minimum atomic E-state index is 0.256. The van der Waals surface area contributed by atoms with Crippen molar-refractivity contribution in [1.82, 2.24) is 4.90 Å². The molecule has 0 aliphatic carbocycles. The van der Waals surface area contributed by atoms with E-state index in [1.807, 2.05) is 0 Å². The summed E-state index contributed by atoms with van der Waals surface area (Å²) < 4.78 is 5.61. The average Bonchev–Trinajstić information content (AvgIpc) is 3.06. The van der Waals surface area contributed by atoms with Crippen LogP contribution in [-0.2, 0) is 16.0 Å². The lowest BCUT2D eigenvalue weighted by molar-refractivity contribution is -0.137. The number of amides is 1. The monoisotopic (exact) mass is 328 g/mol. The van der Waals surface area contributed by atoms with E-state index in [4.69, 9.17) is 4.74 Å². The first-order valence-electron chi connectivity index (χ1n) is 9.44. The van der Waals surface area contributed by atoms with Crippen LogP contribution in [0.4, 0.5) is 5.69 Å². The molecular weight excluding hydrogens is 300 g/mol. The molecule has 1 atom stereocenters. The fourth-order valence-corrected chi connectivity index (χ4v) is 4.57. The van der Waals surface area contributed by atoms with Crippen LogP contribution in [0.3, 0.4) is 0 Å². The number of hydrogen-bond acceptors (Lipinski definition) is 3. The average molecular weight is 328 g/mol. The molecule has 24 heavy (non-hydrogen) atoms. The third kappa shape index (κ3) is 3.16. The number of ether oxygens (including phenoxy) is 1. The number of hydrogen-bond donors (Lipinski definition) is 0. The lowest BCUT2D eigenvalue weighted by Gasteiger charge is -2.39. The molecule has 1 aromatic carbocycles. The number of likely N-dealkylation sites (tertiary alicyclic amines) is 1. The van der Waals surface area contributed by atoms with Gasteiger partial charge in [0, 0.05) is 50.3 Å². The summed E-state index contributed by atoms with van der Waals surface area (Å²) >= 11 is 0. The number of para-hydroxylation sites is 1. The van der Waals surface area contributed by atoms with Crippen LogP contribution in [0.25, 0.3) is 0 Å². The van der Waals surface area contributed by atoms with Gasteiger partial charge < -0.3 is 14.5 Å². The number of carbonyl (C=O) groups excluding carboxylic acids is 1. The highest BCUT2D eigenvalue weighted by Gasteiger charge is 2.41. The van der Waals surface area contributed by atoms with Crippen molar-refractivity contribution in [3.05, 3.63) is 29.8 Å². The Kier molecular flexibility index (Phi) is 4.49. The van der Waals surface area contributed by atoms with E-state index in [1.165, 1.54) is 24.1 Å². The summed E-state index contributed by atoms with van der Waals surface area (Å²) in [5, 5.41) is 0. The summed E-state index contributed by atoms with van der Waals surface area (Å²) in [6.07, 6.45) is 6.32. The molecule has 4 heteroatoms. The van der Waals surface area contributed by atoms with Crippen molar-refractivity contribution in [3.8, 4) is 0 Å². The lowest BCUT2D eigenvalue weighted by atomic mass is 9.79. The molecule has 1 amide bonds. The maximum Gasteiger partial charge on any atom is 0.222 e. The van der Waals surface area contributed by atoms with Gasteiger partial charge in [0.05, 0.1) is 6.61 Å². The molecule has 0 saturated carbocycles. The minimum Gasteiger partial charge on any atom is -0.381 e. The van der Waals surface area contributed by atoms with Gasteiger partial charge in [0.15, 0.2) is 0 Å². The van der Waals surface area contributed by atoms with E-state index in [-0.39, 0.29) is 5.41 Å². The number of rotatable bonds is 4. The first kappa shape index (κ1) is 15.9. The van der Waals surface area contributed by atoms with Crippen LogP contribution in [0.5, 0.6) is 0 Å². The Hall–Kier alpha value is -1.55. The van der Waals surface area contributed by atoms with Crippen molar-refractivity contribution in [2.45, 2.75) is 38.5 Å². The number of aryl methyl sites for hydroxylation is 1. The Morgan fingerprint density at radius 1 is 1.08 bits per heavy atom. The summed E-state index contributed by atoms with van der Waals surface area (Å²) in [6.45, 7) is 5.69. The molecule has 3 heterocycles. The van der Waals surface area contributed by atoms with Crippen molar-refractivity contribution in [1.29, 1.82) is 0 Å². The van der Waals surface area contributed by atoms with E-state index in [0.717, 1.165) is 58.7 Å². The molecule has 0 aromatic heterocycles. The van der Waals surface area contributed by atoms with Crippen LogP contribution < -0.4 is 4.90 Å². The van der Waals surface area contributed by atoms with Crippen molar-refractivity contribution in [3.63, 3.8) is 0 Å². The first-order valence-corrected chi connectivity index (χ1v) is 9.44. The van der Waals surface area contributed by atoms with Gasteiger partial charge in [-0.3, -0.25) is 4.79 Å². The smallest absolute Gasteiger partial charge is 0.222 e. The number of nitrogens with zero attached hydrogens (tertiary/aromatic N) is 2. The molecule has 1 spiro atoms. The van der Waals surface area contributed by atoms with Gasteiger partial charge in [0.2, 0.25) is 5.91 Å². The number of benzene rings is 1. The molecule has 4 nitrogen and oxygen atoms in total. The van der Waals surface area contributed by atoms with Gasteiger partial charge in [-0.15, -0.1) is 0 Å². The van der Waals surface area contributed by atoms with Gasteiger partial charge in [-0.2, -0.15) is 0 Å². The predicted octanol–water partition coefficient (Wildman–Crippen LogP) is 2.86. The Bertz CT molecular complexity index is 595. The van der Waals surface area contributed by atoms with Crippen LogP contribution in [0, 0.1) is 5.41 Å². The maximum atomic E-state index is 12.3. The van der Waals surface area contributed by atoms with E-state index in [0.29, 0.717) is 12.3 Å². The largest absolute Gasteiger partial charge is 0.381 e. The van der Waals surface area contributed by atoms with E-state index in [1.54, 1.807) is 0 Å². The zero-order chi connectivity index (χ0) is 16.4. The Morgan fingerprint density at radius 3 is 2.83 bits per heavy atom. The molecule has 130 valence electrons. The van der Waals surface area contributed by atoms with E-state index >= 15 is 0 Å². The standard InChI is InChI=1S/C20H28N2O2/c23-19-8-9-20(10-14-24-16-20)15-22(19)13-4-12-21-11-3-6-17-5-1-2-7-18(17)21/h1-2,5,7H,3-4,6,8-16H2/t20-/m1/s1. The maximum absolute atomic E-state index is 12.3. The van der Waals surface area contributed by atoms with Crippen molar-refractivity contribution < 1.29 is 9.53 Å². The summed E-state index contributed by atoms with van der Waals surface area (Å²) in [7, 11) is 0. The van der Waals surface area contributed by atoms with Gasteiger partial charge in [-0.25, -0.2) is 0 Å². The highest BCUT2D eigenvalue weighted by molar-refractivity contribution is 5.77. The van der Waals surface area contributed by atoms with Crippen molar-refractivity contribution >= 4 is 11.6 Å². The Morgan fingerprint density at radius 2 is 1.96 bits per heavy atom. The molecule has 2 fully saturated rings. The molecule has 3 aliphatic rings. The van der Waals surface area contributed by atoms with Crippen molar-refractivity contribution in [2.75, 3.05) is 44.3 Å². The second-order valence-corrected chi connectivity index (χ2v) is 7.69. The van der Waals surface area contributed by atoms with Crippen LogP contribution in [0.1, 0.15) is 37.7 Å². The lowest BCUT2D eigenvalue weighted by Crippen LogP contribution is -2.47. The normalized spacial score (nSPS) is 26.9. The number of piperidine rings is 1. The Balaban J connectivity index is 1.33. The van der Waals surface area contributed by atoms with Crippen LogP contribution in [-0.4, -0.2) is 50.2 Å². The minimum absolute atomic E-state index is 0.256. The third-order valence-electron chi connectivity index (χ3n) is 6.00. The topological polar surface area (TPSA) is 32.8 Å². The van der Waals surface area contributed by atoms with Crippen LogP contribution in [0.15, 0.2) is 24.3 Å². The molecule has 2 saturated heterocycles. The summed E-state index contributed by atoms with van der Waals surface area (Å²) in [6, 6.07) is 8.76. The third-order valence-corrected chi connectivity index (χ3v) is 6.00. The summed E-state index contributed by atoms with van der Waals surface area (Å²) in [5.41, 5.74) is 3.13.